The first-order valence-corrected chi connectivity index (χ1v) is 24.4. The van der Waals surface area contributed by atoms with Crippen LogP contribution in [0.15, 0.2) is 91.0 Å². The van der Waals surface area contributed by atoms with Crippen molar-refractivity contribution in [2.24, 2.45) is 0 Å². The highest BCUT2D eigenvalue weighted by Crippen LogP contribution is 2.34. The Morgan fingerprint density at radius 2 is 0.500 bits per heavy atom. The summed E-state index contributed by atoms with van der Waals surface area (Å²) in [7, 11) is 7.24. The van der Waals surface area contributed by atoms with Gasteiger partial charge in [-0.25, -0.2) is 0 Å². The standard InChI is InChI=1S/C42H60O9Si3/c1-43-52(44-2,45-3)28-10-13-34-16-22-37(23-17-34)40-31-41(38-24-18-35(19-25-38)14-11-29-53(46-4,47-5)48-6)33-42(32-40)39-26-20-36(21-27-39)15-12-30-54(49-7,50-8)51-9/h16-27,31-33H,10-15,28-30H2,1-9H3. The van der Waals surface area contributed by atoms with Gasteiger partial charge in [0.25, 0.3) is 0 Å². The van der Waals surface area contributed by atoms with E-state index >= 15 is 0 Å². The molecule has 4 aromatic carbocycles. The Balaban J connectivity index is 1.57. The largest absolute Gasteiger partial charge is 0.500 e. The molecule has 4 aromatic rings. The van der Waals surface area contributed by atoms with Gasteiger partial charge < -0.3 is 39.8 Å². The first kappa shape index (κ1) is 43.9. The molecule has 9 nitrogen and oxygen atoms in total. The minimum Gasteiger partial charge on any atom is -0.377 e. The molecule has 0 heterocycles. The SMILES string of the molecule is CO[Si](CCCc1ccc(-c2cc(-c3ccc(CCC[Si](OC)(OC)OC)cc3)cc(-c3ccc(CCC[Si](OC)(OC)OC)cc3)c2)cc1)(OC)OC. The molecule has 4 rings (SSSR count). The van der Waals surface area contributed by atoms with Crippen molar-refractivity contribution in [3.63, 3.8) is 0 Å². The van der Waals surface area contributed by atoms with Crippen molar-refractivity contribution in [1.82, 2.24) is 0 Å². The molecular formula is C42H60O9Si3. The quantitative estimate of drug-likeness (QED) is 0.0646. The molecule has 0 saturated heterocycles. The van der Waals surface area contributed by atoms with Gasteiger partial charge in [-0.05, 0) is 107 Å². The third kappa shape index (κ3) is 11.6. The van der Waals surface area contributed by atoms with E-state index in [4.69, 9.17) is 39.8 Å². The van der Waals surface area contributed by atoms with Gasteiger partial charge in [0, 0.05) is 82.1 Å². The fourth-order valence-electron chi connectivity index (χ4n) is 6.91. The Morgan fingerprint density at radius 3 is 0.685 bits per heavy atom. The van der Waals surface area contributed by atoms with Crippen LogP contribution in [-0.4, -0.2) is 90.4 Å². The first-order chi connectivity index (χ1) is 26.2. The van der Waals surface area contributed by atoms with Gasteiger partial charge in [0.2, 0.25) is 0 Å². The topological polar surface area (TPSA) is 83.1 Å². The summed E-state index contributed by atoms with van der Waals surface area (Å²) < 4.78 is 50.5. The molecule has 12 heteroatoms. The fraction of sp³-hybridized carbons (Fsp3) is 0.429. The summed E-state index contributed by atoms with van der Waals surface area (Å²) in [6.07, 6.45) is 5.54. The van der Waals surface area contributed by atoms with Gasteiger partial charge in [-0.3, -0.25) is 0 Å². The van der Waals surface area contributed by atoms with Gasteiger partial charge in [0.1, 0.15) is 0 Å². The van der Waals surface area contributed by atoms with E-state index in [1.54, 1.807) is 64.0 Å². The number of rotatable bonds is 24. The molecule has 0 aliphatic rings. The number of aryl methyl sites for hydroxylation is 3. The van der Waals surface area contributed by atoms with E-state index in [-0.39, 0.29) is 0 Å². The maximum absolute atomic E-state index is 5.61. The second kappa shape index (κ2) is 21.5. The average molecular weight is 793 g/mol. The van der Waals surface area contributed by atoms with Crippen molar-refractivity contribution in [1.29, 1.82) is 0 Å². The summed E-state index contributed by atoms with van der Waals surface area (Å²) in [5.74, 6) is 0. The van der Waals surface area contributed by atoms with E-state index < -0.39 is 26.4 Å². The fourth-order valence-corrected chi connectivity index (χ4v) is 12.1. The summed E-state index contributed by atoms with van der Waals surface area (Å²) in [4.78, 5) is 0. The molecule has 0 aliphatic carbocycles. The lowest BCUT2D eigenvalue weighted by atomic mass is 9.92. The van der Waals surface area contributed by atoms with Crippen LogP contribution in [0.3, 0.4) is 0 Å². The van der Waals surface area contributed by atoms with Crippen molar-refractivity contribution in [2.45, 2.75) is 56.7 Å². The van der Waals surface area contributed by atoms with Gasteiger partial charge in [-0.15, -0.1) is 0 Å². The zero-order valence-electron chi connectivity index (χ0n) is 33.7. The Kier molecular flexibility index (Phi) is 17.4. The molecule has 0 spiro atoms. The molecule has 0 aliphatic heterocycles. The normalized spacial score (nSPS) is 12.4. The summed E-state index contributed by atoms with van der Waals surface area (Å²) in [5.41, 5.74) is 10.9. The molecule has 0 amide bonds. The molecule has 294 valence electrons. The van der Waals surface area contributed by atoms with Crippen molar-refractivity contribution in [3.05, 3.63) is 108 Å². The van der Waals surface area contributed by atoms with E-state index in [1.807, 2.05) is 0 Å². The van der Waals surface area contributed by atoms with Crippen LogP contribution in [0.4, 0.5) is 0 Å². The van der Waals surface area contributed by atoms with Gasteiger partial charge in [-0.2, -0.15) is 0 Å². The minimum absolute atomic E-state index is 0.771. The predicted molar refractivity (Wildman–Crippen MR) is 222 cm³/mol. The van der Waals surface area contributed by atoms with E-state index in [0.29, 0.717) is 0 Å². The van der Waals surface area contributed by atoms with Crippen LogP contribution in [0.5, 0.6) is 0 Å². The Morgan fingerprint density at radius 1 is 0.296 bits per heavy atom. The van der Waals surface area contributed by atoms with Crippen LogP contribution in [-0.2, 0) is 59.1 Å². The maximum atomic E-state index is 5.61. The third-order valence-corrected chi connectivity index (χ3v) is 18.9. The zero-order valence-corrected chi connectivity index (χ0v) is 36.7. The lowest BCUT2D eigenvalue weighted by Gasteiger charge is -2.24. The molecule has 0 atom stereocenters. The summed E-state index contributed by atoms with van der Waals surface area (Å²) in [5, 5.41) is 0. The van der Waals surface area contributed by atoms with Crippen LogP contribution < -0.4 is 0 Å². The van der Waals surface area contributed by atoms with E-state index in [2.05, 4.69) is 91.0 Å². The summed E-state index contributed by atoms with van der Waals surface area (Å²) in [6, 6.07) is 35.9. The molecular weight excluding hydrogens is 733 g/mol. The molecule has 0 fully saturated rings. The van der Waals surface area contributed by atoms with Gasteiger partial charge >= 0.3 is 26.4 Å². The minimum atomic E-state index is -2.59. The van der Waals surface area contributed by atoms with Crippen molar-refractivity contribution >= 4 is 26.4 Å². The maximum Gasteiger partial charge on any atom is 0.500 e. The van der Waals surface area contributed by atoms with Crippen LogP contribution in [0.25, 0.3) is 33.4 Å². The Hall–Kier alpha value is -2.83. The highest BCUT2D eigenvalue weighted by Gasteiger charge is 2.38. The molecule has 0 aromatic heterocycles. The Labute approximate surface area is 326 Å². The monoisotopic (exact) mass is 792 g/mol. The lowest BCUT2D eigenvalue weighted by molar-refractivity contribution is 0.122. The Bertz CT molecular complexity index is 1440. The number of hydrogen-bond acceptors (Lipinski definition) is 9. The smallest absolute Gasteiger partial charge is 0.377 e. The molecule has 0 unspecified atom stereocenters. The molecule has 0 N–H and O–H groups in total. The molecule has 0 bridgehead atoms. The molecule has 54 heavy (non-hydrogen) atoms. The number of benzene rings is 4. The van der Waals surface area contributed by atoms with Gasteiger partial charge in [0.05, 0.1) is 0 Å². The highest BCUT2D eigenvalue weighted by molar-refractivity contribution is 6.61. The molecule has 0 saturated carbocycles. The van der Waals surface area contributed by atoms with Crippen LogP contribution in [0, 0.1) is 0 Å². The average Bonchev–Trinajstić information content (AvgIpc) is 3.24. The van der Waals surface area contributed by atoms with E-state index in [9.17, 15) is 0 Å². The molecule has 0 radical (unpaired) electrons. The van der Waals surface area contributed by atoms with Crippen LogP contribution in [0.2, 0.25) is 18.1 Å². The van der Waals surface area contributed by atoms with Crippen molar-refractivity contribution < 1.29 is 39.8 Å². The van der Waals surface area contributed by atoms with E-state index in [1.165, 1.54) is 50.1 Å². The van der Waals surface area contributed by atoms with E-state index in [0.717, 1.165) is 56.7 Å². The van der Waals surface area contributed by atoms with Gasteiger partial charge in [-0.1, -0.05) is 72.8 Å². The van der Waals surface area contributed by atoms with Crippen molar-refractivity contribution in [2.75, 3.05) is 64.0 Å². The summed E-state index contributed by atoms with van der Waals surface area (Å²) >= 11 is 0. The second-order valence-corrected chi connectivity index (χ2v) is 22.6. The van der Waals surface area contributed by atoms with Crippen LogP contribution in [0.1, 0.15) is 36.0 Å². The highest BCUT2D eigenvalue weighted by atomic mass is 28.4. The lowest BCUT2D eigenvalue weighted by Crippen LogP contribution is -2.42. The predicted octanol–water partition coefficient (Wildman–Crippen LogP) is 9.12. The summed E-state index contributed by atoms with van der Waals surface area (Å²) in [6.45, 7) is 0. The zero-order chi connectivity index (χ0) is 39.0. The van der Waals surface area contributed by atoms with Gasteiger partial charge in [0.15, 0.2) is 0 Å². The van der Waals surface area contributed by atoms with Crippen molar-refractivity contribution in [3.8, 4) is 33.4 Å². The number of hydrogen-bond donors (Lipinski definition) is 0. The second-order valence-electron chi connectivity index (χ2n) is 13.3. The third-order valence-electron chi connectivity index (χ3n) is 10.4. The first-order valence-electron chi connectivity index (χ1n) is 18.6. The van der Waals surface area contributed by atoms with Crippen LogP contribution >= 0.6 is 0 Å².